The molecule has 5 nitrogen and oxygen atoms in total. The Hall–Kier alpha value is -7.63. The Morgan fingerprint density at radius 1 is 0.357 bits per heavy atom. The van der Waals surface area contributed by atoms with Crippen molar-refractivity contribution in [2.24, 2.45) is 0 Å². The quantitative estimate of drug-likeness (QED) is 0.172. The third-order valence-electron chi connectivity index (χ3n) is 10.8. The van der Waals surface area contributed by atoms with E-state index in [1.165, 1.54) is 16.3 Å². The third kappa shape index (κ3) is 5.21. The smallest absolute Gasteiger partial charge is 0.160 e. The van der Waals surface area contributed by atoms with E-state index in [1.807, 2.05) is 48.7 Å². The van der Waals surface area contributed by atoms with Crippen molar-refractivity contribution in [2.45, 2.75) is 0 Å². The standard InChI is InChI=1S/C51H33N5/c1-4-14-34(15-5-1)43-33-44(35-16-6-2-7-17-35)54-51(53-43)36-25-28-39(29-26-36)55-45-22-11-10-20-41(45)49-40(21-12-23-46(49)55)37-27-30-42-48(32-37)56(38-18-8-3-9-19-38)47-24-13-31-52-50(42)47/h1-33H. The zero-order valence-electron chi connectivity index (χ0n) is 30.3. The van der Waals surface area contributed by atoms with Gasteiger partial charge in [0.25, 0.3) is 0 Å². The molecule has 56 heavy (non-hydrogen) atoms. The molecule has 11 rings (SSSR count). The average Bonchev–Trinajstić information content (AvgIpc) is 3.80. The fraction of sp³-hybridized carbons (Fsp3) is 0. The van der Waals surface area contributed by atoms with E-state index in [1.54, 1.807) is 0 Å². The molecule has 0 saturated heterocycles. The predicted molar refractivity (Wildman–Crippen MR) is 230 cm³/mol. The number of pyridine rings is 1. The van der Waals surface area contributed by atoms with Gasteiger partial charge in [0.1, 0.15) is 0 Å². The molecular weight excluding hydrogens is 683 g/mol. The summed E-state index contributed by atoms with van der Waals surface area (Å²) in [6, 6.07) is 68.3. The highest BCUT2D eigenvalue weighted by molar-refractivity contribution is 6.17. The van der Waals surface area contributed by atoms with Gasteiger partial charge >= 0.3 is 0 Å². The van der Waals surface area contributed by atoms with Crippen LogP contribution in [-0.4, -0.2) is 24.1 Å². The van der Waals surface area contributed by atoms with Gasteiger partial charge in [-0.2, -0.15) is 0 Å². The number of fused-ring (bicyclic) bond motifs is 6. The van der Waals surface area contributed by atoms with Crippen LogP contribution in [0.5, 0.6) is 0 Å². The van der Waals surface area contributed by atoms with Crippen molar-refractivity contribution in [3.05, 3.63) is 200 Å². The Bertz CT molecular complexity index is 3160. The van der Waals surface area contributed by atoms with Crippen LogP contribution in [0.3, 0.4) is 0 Å². The molecule has 0 amide bonds. The van der Waals surface area contributed by atoms with Crippen molar-refractivity contribution in [3.63, 3.8) is 0 Å². The minimum absolute atomic E-state index is 0.694. The van der Waals surface area contributed by atoms with Crippen molar-refractivity contribution < 1.29 is 0 Å². The number of rotatable bonds is 6. The van der Waals surface area contributed by atoms with E-state index in [9.17, 15) is 0 Å². The highest BCUT2D eigenvalue weighted by atomic mass is 15.0. The lowest BCUT2D eigenvalue weighted by Crippen LogP contribution is -1.97. The van der Waals surface area contributed by atoms with E-state index in [-0.39, 0.29) is 0 Å². The molecule has 0 spiro atoms. The van der Waals surface area contributed by atoms with Gasteiger partial charge in [-0.1, -0.05) is 115 Å². The Morgan fingerprint density at radius 3 is 1.68 bits per heavy atom. The molecule has 0 N–H and O–H groups in total. The van der Waals surface area contributed by atoms with E-state index >= 15 is 0 Å². The molecule has 4 heterocycles. The van der Waals surface area contributed by atoms with Crippen molar-refractivity contribution in [3.8, 4) is 56.4 Å². The van der Waals surface area contributed by atoms with Crippen molar-refractivity contribution in [2.75, 3.05) is 0 Å². The van der Waals surface area contributed by atoms with E-state index < -0.39 is 0 Å². The van der Waals surface area contributed by atoms with Crippen LogP contribution in [0.2, 0.25) is 0 Å². The maximum Gasteiger partial charge on any atom is 0.160 e. The third-order valence-corrected chi connectivity index (χ3v) is 10.8. The molecule has 0 saturated carbocycles. The SMILES string of the molecule is c1ccc(-c2cc(-c3ccccc3)nc(-c3ccc(-n4c5ccccc5c5c(-c6ccc7c8ncccc8n(-c8ccccc8)c7c6)cccc54)cc3)n2)cc1. The Kier molecular flexibility index (Phi) is 7.42. The summed E-state index contributed by atoms with van der Waals surface area (Å²) < 4.78 is 4.70. The number of hydrogen-bond acceptors (Lipinski definition) is 3. The van der Waals surface area contributed by atoms with E-state index in [0.717, 1.165) is 78.0 Å². The lowest BCUT2D eigenvalue weighted by molar-refractivity contribution is 1.16. The molecule has 262 valence electrons. The highest BCUT2D eigenvalue weighted by Crippen LogP contribution is 2.41. The van der Waals surface area contributed by atoms with Crippen molar-refractivity contribution in [1.29, 1.82) is 0 Å². The van der Waals surface area contributed by atoms with Gasteiger partial charge in [-0.15, -0.1) is 0 Å². The van der Waals surface area contributed by atoms with Gasteiger partial charge in [0.15, 0.2) is 5.82 Å². The molecule has 0 unspecified atom stereocenters. The maximum atomic E-state index is 5.07. The van der Waals surface area contributed by atoms with E-state index in [4.69, 9.17) is 15.0 Å². The van der Waals surface area contributed by atoms with Crippen LogP contribution in [0.4, 0.5) is 0 Å². The fourth-order valence-corrected chi connectivity index (χ4v) is 8.24. The predicted octanol–water partition coefficient (Wildman–Crippen LogP) is 12.7. The Balaban J connectivity index is 1.06. The summed E-state index contributed by atoms with van der Waals surface area (Å²) in [6.45, 7) is 0. The fourth-order valence-electron chi connectivity index (χ4n) is 8.24. The Morgan fingerprint density at radius 2 is 0.946 bits per heavy atom. The second-order valence-electron chi connectivity index (χ2n) is 14.1. The molecule has 4 aromatic heterocycles. The minimum Gasteiger partial charge on any atom is -0.309 e. The number of hydrogen-bond donors (Lipinski definition) is 0. The van der Waals surface area contributed by atoms with Crippen LogP contribution in [-0.2, 0) is 0 Å². The van der Waals surface area contributed by atoms with Crippen LogP contribution in [0, 0.1) is 0 Å². The summed E-state index contributed by atoms with van der Waals surface area (Å²) in [4.78, 5) is 15.0. The van der Waals surface area contributed by atoms with Crippen LogP contribution in [0.1, 0.15) is 0 Å². The molecule has 0 bridgehead atoms. The first-order valence-corrected chi connectivity index (χ1v) is 18.9. The first kappa shape index (κ1) is 31.9. The molecule has 5 heteroatoms. The first-order valence-electron chi connectivity index (χ1n) is 18.9. The van der Waals surface area contributed by atoms with Crippen molar-refractivity contribution >= 4 is 43.7 Å². The molecule has 0 fully saturated rings. The summed E-state index contributed by atoms with van der Waals surface area (Å²) in [5.74, 6) is 0.694. The first-order chi connectivity index (χ1) is 27.8. The topological polar surface area (TPSA) is 48.5 Å². The van der Waals surface area contributed by atoms with E-state index in [0.29, 0.717) is 5.82 Å². The van der Waals surface area contributed by atoms with Gasteiger partial charge in [-0.25, -0.2) is 9.97 Å². The summed E-state index contributed by atoms with van der Waals surface area (Å²) in [5, 5.41) is 3.56. The average molecular weight is 716 g/mol. The number of benzene rings is 7. The zero-order valence-corrected chi connectivity index (χ0v) is 30.3. The van der Waals surface area contributed by atoms with Crippen LogP contribution < -0.4 is 0 Å². The molecule has 7 aromatic carbocycles. The van der Waals surface area contributed by atoms with E-state index in [2.05, 4.69) is 161 Å². The number of aromatic nitrogens is 5. The zero-order chi connectivity index (χ0) is 37.0. The summed E-state index contributed by atoms with van der Waals surface area (Å²) >= 11 is 0. The van der Waals surface area contributed by atoms with Gasteiger partial charge in [0.05, 0.1) is 39.0 Å². The summed E-state index contributed by atoms with van der Waals surface area (Å²) in [6.07, 6.45) is 1.88. The second kappa shape index (κ2) is 13.0. The molecule has 0 aliphatic rings. The lowest BCUT2D eigenvalue weighted by atomic mass is 9.98. The molecule has 11 aromatic rings. The molecule has 0 aliphatic carbocycles. The normalized spacial score (nSPS) is 11.6. The molecule has 0 atom stereocenters. The molecular formula is C51H33N5. The number of nitrogens with zero attached hydrogens (tertiary/aromatic N) is 5. The largest absolute Gasteiger partial charge is 0.309 e. The highest BCUT2D eigenvalue weighted by Gasteiger charge is 2.19. The maximum absolute atomic E-state index is 5.07. The molecule has 0 radical (unpaired) electrons. The summed E-state index contributed by atoms with van der Waals surface area (Å²) in [5.41, 5.74) is 14.9. The van der Waals surface area contributed by atoms with Crippen molar-refractivity contribution in [1.82, 2.24) is 24.1 Å². The van der Waals surface area contributed by atoms with Gasteiger partial charge in [0.2, 0.25) is 0 Å². The minimum atomic E-state index is 0.694. The van der Waals surface area contributed by atoms with Crippen LogP contribution in [0.25, 0.3) is 100 Å². The van der Waals surface area contributed by atoms with Crippen LogP contribution >= 0.6 is 0 Å². The van der Waals surface area contributed by atoms with Gasteiger partial charge in [-0.05, 0) is 90.0 Å². The second-order valence-corrected chi connectivity index (χ2v) is 14.1. The van der Waals surface area contributed by atoms with Gasteiger partial charge < -0.3 is 9.13 Å². The summed E-state index contributed by atoms with van der Waals surface area (Å²) in [7, 11) is 0. The Labute approximate surface area is 323 Å². The van der Waals surface area contributed by atoms with Crippen LogP contribution in [0.15, 0.2) is 200 Å². The lowest BCUT2D eigenvalue weighted by Gasteiger charge is -2.12. The van der Waals surface area contributed by atoms with Gasteiger partial charge in [-0.3, -0.25) is 4.98 Å². The monoisotopic (exact) mass is 715 g/mol. The van der Waals surface area contributed by atoms with Gasteiger partial charge in [0, 0.05) is 50.4 Å². The molecule has 0 aliphatic heterocycles. The number of para-hydroxylation sites is 2.